The van der Waals surface area contributed by atoms with Crippen LogP contribution in [0.15, 0.2) is 64.0 Å². The summed E-state index contributed by atoms with van der Waals surface area (Å²) in [7, 11) is -3.82. The molecule has 0 aliphatic carbocycles. The van der Waals surface area contributed by atoms with Crippen molar-refractivity contribution < 1.29 is 27.3 Å². The van der Waals surface area contributed by atoms with Crippen molar-refractivity contribution in [2.24, 2.45) is 0 Å². The summed E-state index contributed by atoms with van der Waals surface area (Å²) in [6, 6.07) is 14.9. The zero-order valence-corrected chi connectivity index (χ0v) is 19.0. The monoisotopic (exact) mass is 469 g/mol. The number of aryl methyl sites for hydroxylation is 1. The number of aromatic nitrogens is 1. The van der Waals surface area contributed by atoms with Crippen LogP contribution in [-0.2, 0) is 32.5 Å². The Balaban J connectivity index is 1.45. The van der Waals surface area contributed by atoms with Crippen molar-refractivity contribution >= 4 is 27.8 Å². The van der Waals surface area contributed by atoms with Gasteiger partial charge in [-0.1, -0.05) is 35.5 Å². The summed E-state index contributed by atoms with van der Waals surface area (Å²) in [5.41, 5.74) is 2.72. The fraction of sp³-hybridized carbons (Fsp3) is 0.261. The number of hydrogen-bond donors (Lipinski definition) is 1. The highest BCUT2D eigenvalue weighted by molar-refractivity contribution is 7.89. The topological polar surface area (TPSA) is 119 Å². The smallest absolute Gasteiger partial charge is 0.338 e. The summed E-state index contributed by atoms with van der Waals surface area (Å²) in [6.07, 6.45) is -0.518. The van der Waals surface area contributed by atoms with Crippen LogP contribution >= 0.6 is 0 Å². The molecule has 0 saturated heterocycles. The molecule has 1 unspecified atom stereocenters. The van der Waals surface area contributed by atoms with Gasteiger partial charge in [-0.25, -0.2) is 13.2 Å². The zero-order valence-electron chi connectivity index (χ0n) is 18.1. The molecule has 1 amide bonds. The molecular weight excluding hydrogens is 446 g/mol. The van der Waals surface area contributed by atoms with Crippen molar-refractivity contribution in [3.8, 4) is 0 Å². The quantitative estimate of drug-likeness (QED) is 0.551. The summed E-state index contributed by atoms with van der Waals surface area (Å²) in [5, 5.41) is 6.12. The van der Waals surface area contributed by atoms with Crippen molar-refractivity contribution in [2.45, 2.75) is 37.8 Å². The number of fused-ring (bicyclic) bond motifs is 1. The van der Waals surface area contributed by atoms with E-state index in [-0.39, 0.29) is 22.9 Å². The van der Waals surface area contributed by atoms with E-state index in [1.807, 2.05) is 24.3 Å². The second kappa shape index (κ2) is 9.16. The van der Waals surface area contributed by atoms with Crippen LogP contribution in [-0.4, -0.2) is 42.4 Å². The van der Waals surface area contributed by atoms with Crippen molar-refractivity contribution in [1.82, 2.24) is 9.46 Å². The van der Waals surface area contributed by atoms with Crippen molar-refractivity contribution in [1.29, 1.82) is 0 Å². The van der Waals surface area contributed by atoms with Crippen LogP contribution in [0.1, 0.15) is 34.1 Å². The van der Waals surface area contributed by atoms with E-state index in [0.717, 1.165) is 11.1 Å². The maximum atomic E-state index is 13.2. The standard InChI is InChI=1S/C23H23N3O6S/c1-15-12-21(32-25-15)24-22(27)16(2)31-23(28)18-8-5-9-20(13-18)33(29,30)26-11-10-17-6-3-4-7-19(17)14-26/h3-9,12-13,16H,10-11,14H2,1-2H3,(H,24,27). The van der Waals surface area contributed by atoms with E-state index in [1.54, 1.807) is 6.92 Å². The number of sulfonamides is 1. The number of benzene rings is 2. The number of esters is 1. The second-order valence-corrected chi connectivity index (χ2v) is 9.69. The van der Waals surface area contributed by atoms with Crippen LogP contribution < -0.4 is 5.32 Å². The maximum Gasteiger partial charge on any atom is 0.338 e. The number of ether oxygens (including phenoxy) is 1. The van der Waals surface area contributed by atoms with Crippen LogP contribution in [0, 0.1) is 6.92 Å². The van der Waals surface area contributed by atoms with Gasteiger partial charge in [0.2, 0.25) is 15.9 Å². The number of amides is 1. The fourth-order valence-electron chi connectivity index (χ4n) is 3.54. The lowest BCUT2D eigenvalue weighted by Crippen LogP contribution is -2.36. The Kier molecular flexibility index (Phi) is 6.30. The van der Waals surface area contributed by atoms with E-state index in [9.17, 15) is 18.0 Å². The van der Waals surface area contributed by atoms with Crippen LogP contribution in [0.2, 0.25) is 0 Å². The average molecular weight is 470 g/mol. The molecule has 1 N–H and O–H groups in total. The maximum absolute atomic E-state index is 13.2. The SMILES string of the molecule is Cc1cc(NC(=O)C(C)OC(=O)c2cccc(S(=O)(=O)N3CCc4ccccc4C3)c2)on1. The lowest BCUT2D eigenvalue weighted by molar-refractivity contribution is -0.123. The molecule has 0 radical (unpaired) electrons. The minimum absolute atomic E-state index is 0.00873. The van der Waals surface area contributed by atoms with Gasteiger partial charge in [-0.2, -0.15) is 4.31 Å². The minimum atomic E-state index is -3.82. The highest BCUT2D eigenvalue weighted by Gasteiger charge is 2.29. The molecule has 0 bridgehead atoms. The molecule has 1 atom stereocenters. The van der Waals surface area contributed by atoms with Gasteiger partial charge in [-0.15, -0.1) is 0 Å². The van der Waals surface area contributed by atoms with Crippen molar-refractivity contribution in [3.63, 3.8) is 0 Å². The number of nitrogens with zero attached hydrogens (tertiary/aromatic N) is 2. The van der Waals surface area contributed by atoms with E-state index in [4.69, 9.17) is 9.26 Å². The molecule has 2 heterocycles. The molecule has 3 aromatic rings. The number of carbonyl (C=O) groups is 2. The normalized spacial score (nSPS) is 14.8. The molecule has 1 aromatic heterocycles. The summed E-state index contributed by atoms with van der Waals surface area (Å²) in [5.74, 6) is -1.28. The minimum Gasteiger partial charge on any atom is -0.449 e. The number of rotatable bonds is 6. The van der Waals surface area contributed by atoms with Gasteiger partial charge < -0.3 is 9.26 Å². The lowest BCUT2D eigenvalue weighted by Gasteiger charge is -2.28. The Morgan fingerprint density at radius 2 is 1.88 bits per heavy atom. The molecule has 4 rings (SSSR count). The highest BCUT2D eigenvalue weighted by Crippen LogP contribution is 2.25. The van der Waals surface area contributed by atoms with Crippen LogP contribution in [0.5, 0.6) is 0 Å². The highest BCUT2D eigenvalue weighted by atomic mass is 32.2. The number of anilines is 1. The largest absolute Gasteiger partial charge is 0.449 e. The molecule has 1 aliphatic rings. The molecule has 33 heavy (non-hydrogen) atoms. The fourth-order valence-corrected chi connectivity index (χ4v) is 5.00. The third-order valence-electron chi connectivity index (χ3n) is 5.33. The molecule has 9 nitrogen and oxygen atoms in total. The Morgan fingerprint density at radius 1 is 1.12 bits per heavy atom. The van der Waals surface area contributed by atoms with E-state index >= 15 is 0 Å². The van der Waals surface area contributed by atoms with Crippen molar-refractivity contribution in [2.75, 3.05) is 11.9 Å². The Labute approximate surface area is 191 Å². The lowest BCUT2D eigenvalue weighted by atomic mass is 10.0. The van der Waals surface area contributed by atoms with E-state index < -0.39 is 28.0 Å². The molecule has 0 spiro atoms. The first kappa shape index (κ1) is 22.7. The number of hydrogen-bond acceptors (Lipinski definition) is 7. The van der Waals surface area contributed by atoms with Gasteiger partial charge in [0.25, 0.3) is 5.91 Å². The summed E-state index contributed by atoms with van der Waals surface area (Å²) >= 11 is 0. The summed E-state index contributed by atoms with van der Waals surface area (Å²) in [4.78, 5) is 24.8. The Bertz CT molecular complexity index is 1300. The summed E-state index contributed by atoms with van der Waals surface area (Å²) in [6.45, 7) is 3.73. The Hall–Kier alpha value is -3.50. The predicted molar refractivity (Wildman–Crippen MR) is 119 cm³/mol. The van der Waals surface area contributed by atoms with Crippen LogP contribution in [0.3, 0.4) is 0 Å². The third kappa shape index (κ3) is 4.96. The van der Waals surface area contributed by atoms with E-state index in [1.165, 1.54) is 41.6 Å². The molecule has 0 fully saturated rings. The molecule has 10 heteroatoms. The Morgan fingerprint density at radius 3 is 2.61 bits per heavy atom. The zero-order chi connectivity index (χ0) is 23.6. The number of nitrogens with one attached hydrogen (secondary N) is 1. The van der Waals surface area contributed by atoms with Gasteiger partial charge >= 0.3 is 5.97 Å². The van der Waals surface area contributed by atoms with Gasteiger partial charge in [0.15, 0.2) is 6.10 Å². The first-order valence-corrected chi connectivity index (χ1v) is 11.8. The van der Waals surface area contributed by atoms with Gasteiger partial charge in [-0.3, -0.25) is 10.1 Å². The third-order valence-corrected chi connectivity index (χ3v) is 7.17. The first-order valence-electron chi connectivity index (χ1n) is 10.4. The molecular formula is C23H23N3O6S. The van der Waals surface area contributed by atoms with E-state index in [2.05, 4.69) is 10.5 Å². The van der Waals surface area contributed by atoms with Gasteiger partial charge in [0, 0.05) is 19.2 Å². The predicted octanol–water partition coefficient (Wildman–Crippen LogP) is 2.91. The van der Waals surface area contributed by atoms with Crippen molar-refractivity contribution in [3.05, 3.63) is 77.0 Å². The molecule has 172 valence electrons. The van der Waals surface area contributed by atoms with Crippen LogP contribution in [0.25, 0.3) is 0 Å². The molecule has 2 aromatic carbocycles. The average Bonchev–Trinajstić information content (AvgIpc) is 3.23. The molecule has 1 aliphatic heterocycles. The van der Waals surface area contributed by atoms with Gasteiger partial charge in [0.1, 0.15) is 0 Å². The van der Waals surface area contributed by atoms with Gasteiger partial charge in [0.05, 0.1) is 16.2 Å². The van der Waals surface area contributed by atoms with Crippen LogP contribution in [0.4, 0.5) is 5.88 Å². The van der Waals surface area contributed by atoms with Gasteiger partial charge in [-0.05, 0) is 49.6 Å². The first-order chi connectivity index (χ1) is 15.7. The van der Waals surface area contributed by atoms with E-state index in [0.29, 0.717) is 18.7 Å². The summed E-state index contributed by atoms with van der Waals surface area (Å²) < 4.78 is 37.9. The number of carbonyl (C=O) groups excluding carboxylic acids is 2. The molecule has 0 saturated carbocycles. The second-order valence-electron chi connectivity index (χ2n) is 7.75.